The Hall–Kier alpha value is -0.580. The molecule has 1 aliphatic heterocycles. The Morgan fingerprint density at radius 3 is 2.44 bits per heavy atom. The van der Waals surface area contributed by atoms with Gasteiger partial charge in [-0.2, -0.15) is 0 Å². The van der Waals surface area contributed by atoms with E-state index in [0.29, 0.717) is 6.54 Å². The summed E-state index contributed by atoms with van der Waals surface area (Å²) in [6.07, 6.45) is 1.94. The fraction of sp³-hybridized carbons (Fsp3) is 0.500. The Kier molecular flexibility index (Phi) is 3.84. The van der Waals surface area contributed by atoms with E-state index in [4.69, 9.17) is 10.5 Å². The van der Waals surface area contributed by atoms with Crippen molar-refractivity contribution in [2.24, 2.45) is 5.73 Å². The molecule has 16 heavy (non-hydrogen) atoms. The molecule has 0 aliphatic carbocycles. The molecular weight excluding hydrogens is 268 g/mol. The van der Waals surface area contributed by atoms with Gasteiger partial charge in [0.15, 0.2) is 0 Å². The second-order valence-electron chi connectivity index (χ2n) is 4.23. The number of nitrogens with two attached hydrogens (primary N) is 1. The van der Waals surface area contributed by atoms with Crippen LogP contribution in [0.3, 0.4) is 0 Å². The highest BCUT2D eigenvalue weighted by atomic mass is 79.9. The number of halogens is 1. The van der Waals surface area contributed by atoms with E-state index in [2.05, 4.69) is 33.4 Å². The van der Waals surface area contributed by atoms with E-state index in [0.717, 1.165) is 36.2 Å². The Labute approximate surface area is 104 Å². The lowest BCUT2D eigenvalue weighted by molar-refractivity contribution is 0.0628. The van der Waals surface area contributed by atoms with Crippen LogP contribution in [0.4, 0.5) is 5.69 Å². The fourth-order valence-electron chi connectivity index (χ4n) is 1.98. The van der Waals surface area contributed by atoms with Crippen molar-refractivity contribution in [1.29, 1.82) is 0 Å². The third kappa shape index (κ3) is 2.75. The average molecular weight is 285 g/mol. The lowest BCUT2D eigenvalue weighted by Crippen LogP contribution is -2.49. The maximum atomic E-state index is 5.89. The van der Waals surface area contributed by atoms with Crippen LogP contribution in [0.15, 0.2) is 28.7 Å². The zero-order chi connectivity index (χ0) is 11.4. The first-order valence-electron chi connectivity index (χ1n) is 5.56. The number of anilines is 1. The van der Waals surface area contributed by atoms with Gasteiger partial charge < -0.3 is 15.8 Å². The van der Waals surface area contributed by atoms with Gasteiger partial charge in [0.2, 0.25) is 0 Å². The van der Waals surface area contributed by atoms with E-state index in [1.165, 1.54) is 0 Å². The predicted octanol–water partition coefficient (Wildman–Crippen LogP) is 2.37. The molecule has 3 N–H and O–H groups in total. The molecule has 2 rings (SSSR count). The van der Waals surface area contributed by atoms with Crippen molar-refractivity contribution in [3.05, 3.63) is 28.7 Å². The smallest absolute Gasteiger partial charge is 0.0539 e. The van der Waals surface area contributed by atoms with E-state index in [1.807, 2.05) is 12.1 Å². The van der Waals surface area contributed by atoms with Gasteiger partial charge in [-0.05, 0) is 37.1 Å². The van der Waals surface area contributed by atoms with Crippen molar-refractivity contribution < 1.29 is 4.74 Å². The Morgan fingerprint density at radius 1 is 1.25 bits per heavy atom. The number of rotatable bonds is 3. The van der Waals surface area contributed by atoms with Gasteiger partial charge in [0.25, 0.3) is 0 Å². The highest BCUT2D eigenvalue weighted by molar-refractivity contribution is 9.10. The molecule has 0 aromatic heterocycles. The SMILES string of the molecule is NCC1(Nc2ccc(Br)cc2)CCOCC1. The summed E-state index contributed by atoms with van der Waals surface area (Å²) in [7, 11) is 0. The lowest BCUT2D eigenvalue weighted by atomic mass is 9.90. The number of hydrogen-bond donors (Lipinski definition) is 2. The summed E-state index contributed by atoms with van der Waals surface area (Å²) in [5, 5.41) is 3.55. The van der Waals surface area contributed by atoms with Crippen LogP contribution in [0.1, 0.15) is 12.8 Å². The first-order valence-corrected chi connectivity index (χ1v) is 6.35. The van der Waals surface area contributed by atoms with E-state index >= 15 is 0 Å². The Morgan fingerprint density at radius 2 is 1.88 bits per heavy atom. The summed E-state index contributed by atoms with van der Waals surface area (Å²) in [5.74, 6) is 0. The monoisotopic (exact) mass is 284 g/mol. The minimum atomic E-state index is 0.00603. The first kappa shape index (κ1) is 11.9. The normalized spacial score (nSPS) is 19.4. The minimum absolute atomic E-state index is 0.00603. The highest BCUT2D eigenvalue weighted by Gasteiger charge is 2.30. The molecule has 0 unspecified atom stereocenters. The maximum absolute atomic E-state index is 5.89. The molecule has 0 atom stereocenters. The molecule has 0 amide bonds. The molecule has 0 spiro atoms. The molecule has 1 aliphatic rings. The largest absolute Gasteiger partial charge is 0.381 e. The molecular formula is C12H17BrN2O. The summed E-state index contributed by atoms with van der Waals surface area (Å²) in [4.78, 5) is 0. The highest BCUT2D eigenvalue weighted by Crippen LogP contribution is 2.25. The molecule has 0 bridgehead atoms. The van der Waals surface area contributed by atoms with Crippen molar-refractivity contribution in [2.75, 3.05) is 25.1 Å². The first-order chi connectivity index (χ1) is 7.74. The number of benzene rings is 1. The Bertz CT molecular complexity index is 333. The number of ether oxygens (including phenoxy) is 1. The molecule has 4 heteroatoms. The van der Waals surface area contributed by atoms with Crippen LogP contribution in [0.25, 0.3) is 0 Å². The van der Waals surface area contributed by atoms with Crippen molar-refractivity contribution in [2.45, 2.75) is 18.4 Å². The predicted molar refractivity (Wildman–Crippen MR) is 69.6 cm³/mol. The van der Waals surface area contributed by atoms with E-state index < -0.39 is 0 Å². The molecule has 1 saturated heterocycles. The van der Waals surface area contributed by atoms with E-state index in [-0.39, 0.29) is 5.54 Å². The summed E-state index contributed by atoms with van der Waals surface area (Å²) in [6, 6.07) is 8.20. The van der Waals surface area contributed by atoms with Crippen LogP contribution >= 0.6 is 15.9 Å². The number of nitrogens with one attached hydrogen (secondary N) is 1. The quantitative estimate of drug-likeness (QED) is 0.896. The third-order valence-electron chi connectivity index (χ3n) is 3.09. The van der Waals surface area contributed by atoms with Crippen LogP contribution in [-0.2, 0) is 4.74 Å². The Balaban J connectivity index is 2.08. The lowest BCUT2D eigenvalue weighted by Gasteiger charge is -2.37. The summed E-state index contributed by atoms with van der Waals surface area (Å²) in [5.41, 5.74) is 7.02. The van der Waals surface area contributed by atoms with Gasteiger partial charge in [-0.1, -0.05) is 15.9 Å². The standard InChI is InChI=1S/C12H17BrN2O/c13-10-1-3-11(4-2-10)15-12(9-14)5-7-16-8-6-12/h1-4,15H,5-9,14H2. The molecule has 1 aromatic carbocycles. The molecule has 0 radical (unpaired) electrons. The summed E-state index contributed by atoms with van der Waals surface area (Å²) < 4.78 is 6.47. The van der Waals surface area contributed by atoms with Gasteiger partial charge in [-0.25, -0.2) is 0 Å². The van der Waals surface area contributed by atoms with Gasteiger partial charge in [-0.15, -0.1) is 0 Å². The zero-order valence-electron chi connectivity index (χ0n) is 9.21. The van der Waals surface area contributed by atoms with Crippen molar-refractivity contribution in [3.8, 4) is 0 Å². The van der Waals surface area contributed by atoms with Crippen LogP contribution in [0.5, 0.6) is 0 Å². The molecule has 3 nitrogen and oxygen atoms in total. The maximum Gasteiger partial charge on any atom is 0.0539 e. The van der Waals surface area contributed by atoms with E-state index in [1.54, 1.807) is 0 Å². The minimum Gasteiger partial charge on any atom is -0.381 e. The van der Waals surface area contributed by atoms with Crippen molar-refractivity contribution in [1.82, 2.24) is 0 Å². The topological polar surface area (TPSA) is 47.3 Å². The van der Waals surface area contributed by atoms with Gasteiger partial charge >= 0.3 is 0 Å². The fourth-order valence-corrected chi connectivity index (χ4v) is 2.25. The summed E-state index contributed by atoms with van der Waals surface area (Å²) >= 11 is 3.43. The zero-order valence-corrected chi connectivity index (χ0v) is 10.8. The van der Waals surface area contributed by atoms with Gasteiger partial charge in [0.05, 0.1) is 5.54 Å². The molecule has 88 valence electrons. The van der Waals surface area contributed by atoms with E-state index in [9.17, 15) is 0 Å². The van der Waals surface area contributed by atoms with Crippen molar-refractivity contribution in [3.63, 3.8) is 0 Å². The van der Waals surface area contributed by atoms with Crippen LogP contribution in [-0.4, -0.2) is 25.3 Å². The van der Waals surface area contributed by atoms with Crippen LogP contribution < -0.4 is 11.1 Å². The molecule has 1 heterocycles. The third-order valence-corrected chi connectivity index (χ3v) is 3.62. The summed E-state index contributed by atoms with van der Waals surface area (Å²) in [6.45, 7) is 2.23. The molecule has 1 fully saturated rings. The van der Waals surface area contributed by atoms with Crippen LogP contribution in [0, 0.1) is 0 Å². The van der Waals surface area contributed by atoms with Crippen LogP contribution in [0.2, 0.25) is 0 Å². The second-order valence-corrected chi connectivity index (χ2v) is 5.14. The van der Waals surface area contributed by atoms with Gasteiger partial charge in [0, 0.05) is 29.9 Å². The van der Waals surface area contributed by atoms with Crippen molar-refractivity contribution >= 4 is 21.6 Å². The second kappa shape index (κ2) is 5.17. The number of hydrogen-bond acceptors (Lipinski definition) is 3. The van der Waals surface area contributed by atoms with Gasteiger partial charge in [0.1, 0.15) is 0 Å². The molecule has 0 saturated carbocycles. The van der Waals surface area contributed by atoms with Gasteiger partial charge in [-0.3, -0.25) is 0 Å². The average Bonchev–Trinajstić information content (AvgIpc) is 2.33. The molecule has 1 aromatic rings.